The van der Waals surface area contributed by atoms with Crippen molar-refractivity contribution < 1.29 is 14.4 Å². The summed E-state index contributed by atoms with van der Waals surface area (Å²) in [6.07, 6.45) is 0. The number of imide groups is 1. The number of hydrazine groups is 1. The van der Waals surface area contributed by atoms with Gasteiger partial charge in [0.1, 0.15) is 12.6 Å². The highest BCUT2D eigenvalue weighted by Gasteiger charge is 2.54. The number of fused-ring (bicyclic) bond motifs is 1. The number of amides is 4. The molecule has 2 aliphatic heterocycles. The average molecular weight is 450 g/mol. The lowest BCUT2D eigenvalue weighted by molar-refractivity contribution is -0.140. The zero-order valence-electron chi connectivity index (χ0n) is 19.5. The summed E-state index contributed by atoms with van der Waals surface area (Å²) < 4.78 is 0. The fraction of sp³-hybridized carbons (Fsp3) is 0.400. The van der Waals surface area contributed by atoms with Crippen LogP contribution in [0.25, 0.3) is 0 Å². The molecule has 174 valence electrons. The van der Waals surface area contributed by atoms with Crippen molar-refractivity contribution >= 4 is 23.5 Å². The first kappa shape index (κ1) is 22.9. The highest BCUT2D eigenvalue weighted by molar-refractivity contribution is 6.03. The smallest absolute Gasteiger partial charge is 0.324 e. The summed E-state index contributed by atoms with van der Waals surface area (Å²) in [5, 5.41) is 4.85. The van der Waals surface area contributed by atoms with Crippen LogP contribution in [0.4, 0.5) is 10.5 Å². The van der Waals surface area contributed by atoms with E-state index < -0.39 is 18.1 Å². The molecule has 8 heteroatoms. The van der Waals surface area contributed by atoms with Gasteiger partial charge in [0.05, 0.1) is 12.6 Å². The quantitative estimate of drug-likeness (QED) is 0.708. The second-order valence-electron chi connectivity index (χ2n) is 8.77. The number of rotatable bonds is 6. The minimum atomic E-state index is -0.542. The van der Waals surface area contributed by atoms with Crippen LogP contribution in [-0.2, 0) is 16.1 Å². The zero-order valence-corrected chi connectivity index (χ0v) is 19.5. The normalized spacial score (nSPS) is 23.1. The van der Waals surface area contributed by atoms with Crippen molar-refractivity contribution in [2.75, 3.05) is 18.4 Å². The Morgan fingerprint density at radius 1 is 1.03 bits per heavy atom. The van der Waals surface area contributed by atoms with Crippen LogP contribution < -0.4 is 10.7 Å². The highest BCUT2D eigenvalue weighted by Crippen LogP contribution is 2.30. The molecule has 3 atom stereocenters. The third kappa shape index (κ3) is 4.36. The highest BCUT2D eigenvalue weighted by atomic mass is 16.2. The predicted molar refractivity (Wildman–Crippen MR) is 126 cm³/mol. The van der Waals surface area contributed by atoms with Gasteiger partial charge in [0, 0.05) is 18.3 Å². The van der Waals surface area contributed by atoms with Gasteiger partial charge in [-0.3, -0.25) is 14.5 Å². The van der Waals surface area contributed by atoms with Gasteiger partial charge in [-0.2, -0.15) is 0 Å². The second-order valence-corrected chi connectivity index (χ2v) is 8.77. The Balaban J connectivity index is 1.62. The summed E-state index contributed by atoms with van der Waals surface area (Å²) in [7, 11) is 0. The molecule has 2 aromatic rings. The summed E-state index contributed by atoms with van der Waals surface area (Å²) in [4.78, 5) is 42.9. The number of nitrogens with one attached hydrogen (secondary N) is 2. The number of carbonyl (C=O) groups excluding carboxylic acids is 3. The van der Waals surface area contributed by atoms with Crippen LogP contribution in [-0.4, -0.2) is 63.9 Å². The number of benzene rings is 2. The Kier molecular flexibility index (Phi) is 6.49. The lowest BCUT2D eigenvalue weighted by atomic mass is 9.97. The first-order valence-electron chi connectivity index (χ1n) is 11.4. The second kappa shape index (κ2) is 9.33. The molecule has 0 radical (unpaired) electrons. The number of hydrogen-bond acceptors (Lipinski definition) is 5. The minimum Gasteiger partial charge on any atom is -0.324 e. The first-order chi connectivity index (χ1) is 15.8. The van der Waals surface area contributed by atoms with Crippen molar-refractivity contribution in [2.45, 2.75) is 52.4 Å². The first-order valence-corrected chi connectivity index (χ1v) is 11.4. The third-order valence-electron chi connectivity index (χ3n) is 6.48. The molecule has 0 spiro atoms. The van der Waals surface area contributed by atoms with Crippen molar-refractivity contribution in [3.05, 3.63) is 65.2 Å². The molecular weight excluding hydrogens is 418 g/mol. The van der Waals surface area contributed by atoms with E-state index in [0.717, 1.165) is 22.4 Å². The molecule has 2 aromatic carbocycles. The Labute approximate surface area is 194 Å². The van der Waals surface area contributed by atoms with E-state index in [0.29, 0.717) is 6.54 Å². The number of hydrogen-bond donors (Lipinski definition) is 2. The Morgan fingerprint density at radius 3 is 2.33 bits per heavy atom. The molecule has 8 nitrogen and oxygen atoms in total. The van der Waals surface area contributed by atoms with Crippen LogP contribution >= 0.6 is 0 Å². The van der Waals surface area contributed by atoms with Crippen molar-refractivity contribution in [3.8, 4) is 0 Å². The number of carbonyl (C=O) groups is 3. The molecule has 0 aliphatic carbocycles. The van der Waals surface area contributed by atoms with Gasteiger partial charge in [-0.05, 0) is 37.5 Å². The van der Waals surface area contributed by atoms with E-state index in [1.165, 1.54) is 4.90 Å². The van der Waals surface area contributed by atoms with E-state index in [2.05, 4.69) is 10.7 Å². The minimum absolute atomic E-state index is 0.129. The molecule has 2 aliphatic rings. The number of para-hydroxylation sites is 1. The predicted octanol–water partition coefficient (Wildman–Crippen LogP) is 2.67. The molecular formula is C25H31N5O3. The number of nitrogens with zero attached hydrogens (tertiary/aromatic N) is 3. The SMILES string of the molecule is CCN1NC(C)C2C1C(=O)N(Cc1ccccc1)C(=O)N2CC(=O)Nc1c(C)cccc1C. The van der Waals surface area contributed by atoms with Gasteiger partial charge < -0.3 is 10.2 Å². The topological polar surface area (TPSA) is 85.0 Å². The van der Waals surface area contributed by atoms with Crippen LogP contribution in [0, 0.1) is 13.8 Å². The van der Waals surface area contributed by atoms with Gasteiger partial charge in [0.15, 0.2) is 0 Å². The molecule has 2 heterocycles. The monoisotopic (exact) mass is 449 g/mol. The Bertz CT molecular complexity index is 1040. The maximum absolute atomic E-state index is 13.6. The molecule has 3 unspecified atom stereocenters. The molecule has 2 N–H and O–H groups in total. The number of likely N-dealkylation sites (N-methyl/N-ethyl adjacent to an activating group) is 1. The van der Waals surface area contributed by atoms with Gasteiger partial charge in [-0.1, -0.05) is 55.5 Å². The molecule has 4 rings (SSSR count). The van der Waals surface area contributed by atoms with Gasteiger partial charge in [0.2, 0.25) is 5.91 Å². The van der Waals surface area contributed by atoms with Crippen LogP contribution in [0.5, 0.6) is 0 Å². The van der Waals surface area contributed by atoms with Crippen LogP contribution in [0.15, 0.2) is 48.5 Å². The number of aryl methyl sites for hydroxylation is 2. The molecule has 33 heavy (non-hydrogen) atoms. The van der Waals surface area contributed by atoms with Crippen LogP contribution in [0.2, 0.25) is 0 Å². The summed E-state index contributed by atoms with van der Waals surface area (Å²) in [6, 6.07) is 13.7. The van der Waals surface area contributed by atoms with Gasteiger partial charge in [-0.15, -0.1) is 0 Å². The van der Waals surface area contributed by atoms with Crippen molar-refractivity contribution in [2.24, 2.45) is 0 Å². The van der Waals surface area contributed by atoms with Gasteiger partial charge >= 0.3 is 6.03 Å². The lowest BCUT2D eigenvalue weighted by Crippen LogP contribution is -2.67. The van der Waals surface area contributed by atoms with E-state index >= 15 is 0 Å². The largest absolute Gasteiger partial charge is 0.327 e. The summed E-state index contributed by atoms with van der Waals surface area (Å²) in [5.41, 5.74) is 6.85. The Morgan fingerprint density at radius 2 is 1.70 bits per heavy atom. The number of urea groups is 1. The van der Waals surface area contributed by atoms with E-state index in [9.17, 15) is 14.4 Å². The summed E-state index contributed by atoms with van der Waals surface area (Å²) >= 11 is 0. The van der Waals surface area contributed by atoms with Crippen molar-refractivity contribution in [3.63, 3.8) is 0 Å². The maximum Gasteiger partial charge on any atom is 0.327 e. The lowest BCUT2D eigenvalue weighted by Gasteiger charge is -2.43. The average Bonchev–Trinajstić information content (AvgIpc) is 3.14. The summed E-state index contributed by atoms with van der Waals surface area (Å²) in [6.45, 7) is 8.42. The zero-order chi connectivity index (χ0) is 23.7. The molecule has 2 fully saturated rings. The van der Waals surface area contributed by atoms with E-state index in [-0.39, 0.29) is 30.9 Å². The molecule has 0 saturated carbocycles. The fourth-order valence-corrected chi connectivity index (χ4v) is 4.85. The maximum atomic E-state index is 13.6. The molecule has 0 bridgehead atoms. The summed E-state index contributed by atoms with van der Waals surface area (Å²) in [5.74, 6) is -0.519. The van der Waals surface area contributed by atoms with E-state index in [1.807, 2.05) is 81.2 Å². The van der Waals surface area contributed by atoms with Crippen LogP contribution in [0.1, 0.15) is 30.5 Å². The van der Waals surface area contributed by atoms with Gasteiger partial charge in [0.25, 0.3) is 5.91 Å². The van der Waals surface area contributed by atoms with E-state index in [4.69, 9.17) is 0 Å². The van der Waals surface area contributed by atoms with Crippen molar-refractivity contribution in [1.29, 1.82) is 0 Å². The van der Waals surface area contributed by atoms with Crippen molar-refractivity contribution in [1.82, 2.24) is 20.2 Å². The third-order valence-corrected chi connectivity index (χ3v) is 6.48. The van der Waals surface area contributed by atoms with Crippen LogP contribution in [0.3, 0.4) is 0 Å². The van der Waals surface area contributed by atoms with Gasteiger partial charge in [-0.25, -0.2) is 15.2 Å². The molecule has 4 amide bonds. The van der Waals surface area contributed by atoms with E-state index in [1.54, 1.807) is 4.90 Å². The number of anilines is 1. The molecule has 0 aromatic heterocycles. The molecule has 2 saturated heterocycles. The standard InChI is InChI=1S/C25H31N5O3/c1-5-30-23-22(18(4)27-30)28(15-20(31)26-21-16(2)10-9-11-17(21)3)25(33)29(24(23)32)14-19-12-7-6-8-13-19/h6-13,18,22-23,27H,5,14-15H2,1-4H3,(H,26,31). The Hall–Kier alpha value is -3.23. The fourth-order valence-electron chi connectivity index (χ4n) is 4.85.